The zero-order chi connectivity index (χ0) is 10.1. The molecule has 13 heavy (non-hydrogen) atoms. The summed E-state index contributed by atoms with van der Waals surface area (Å²) in [6.07, 6.45) is 0. The highest BCUT2D eigenvalue weighted by atomic mass is 16.3. The Morgan fingerprint density at radius 2 is 1.46 bits per heavy atom. The predicted octanol–water partition coefficient (Wildman–Crippen LogP) is -0.956. The van der Waals surface area contributed by atoms with Gasteiger partial charge in [0.05, 0.1) is 25.4 Å². The van der Waals surface area contributed by atoms with E-state index in [0.717, 1.165) is 13.1 Å². The van der Waals surface area contributed by atoms with Gasteiger partial charge >= 0.3 is 0 Å². The van der Waals surface area contributed by atoms with Crippen LogP contribution in [0.15, 0.2) is 0 Å². The van der Waals surface area contributed by atoms with Gasteiger partial charge in [-0.15, -0.1) is 0 Å². The predicted molar refractivity (Wildman–Crippen MR) is 49.3 cm³/mol. The van der Waals surface area contributed by atoms with E-state index in [0.29, 0.717) is 0 Å². The molecule has 0 spiro atoms. The molecule has 0 aromatic carbocycles. The van der Waals surface area contributed by atoms with Gasteiger partial charge in [0.2, 0.25) is 0 Å². The number of hydrogen-bond donors (Lipinski definition) is 3. The van der Waals surface area contributed by atoms with Gasteiger partial charge in [0.1, 0.15) is 0 Å². The summed E-state index contributed by atoms with van der Waals surface area (Å²) in [6.45, 7) is 5.28. The summed E-state index contributed by atoms with van der Waals surface area (Å²) in [5.41, 5.74) is -0.583. The van der Waals surface area contributed by atoms with Gasteiger partial charge in [-0.25, -0.2) is 0 Å². The van der Waals surface area contributed by atoms with Crippen molar-refractivity contribution in [2.45, 2.75) is 19.4 Å². The molecule has 0 radical (unpaired) electrons. The number of hydrogen-bond acceptors (Lipinski definition) is 4. The molecule has 0 aromatic rings. The van der Waals surface area contributed by atoms with Crippen molar-refractivity contribution in [1.82, 2.24) is 4.90 Å². The third kappa shape index (κ3) is 1.86. The fourth-order valence-corrected chi connectivity index (χ4v) is 1.77. The molecule has 1 rings (SSSR count). The average molecular weight is 189 g/mol. The maximum atomic E-state index is 9.12. The largest absolute Gasteiger partial charge is 0.394 e. The van der Waals surface area contributed by atoms with Gasteiger partial charge in [-0.3, -0.25) is 4.90 Å². The summed E-state index contributed by atoms with van der Waals surface area (Å²) in [4.78, 5) is 1.94. The van der Waals surface area contributed by atoms with Gasteiger partial charge in [-0.1, -0.05) is 13.8 Å². The van der Waals surface area contributed by atoms with Crippen LogP contribution in [0.1, 0.15) is 13.8 Å². The van der Waals surface area contributed by atoms with Crippen molar-refractivity contribution in [2.75, 3.05) is 32.9 Å². The number of rotatable bonds is 4. The second kappa shape index (κ2) is 3.53. The molecule has 1 aliphatic heterocycles. The summed E-state index contributed by atoms with van der Waals surface area (Å²) in [7, 11) is 0. The minimum absolute atomic E-state index is 0.198. The summed E-state index contributed by atoms with van der Waals surface area (Å²) >= 11 is 0. The van der Waals surface area contributed by atoms with Gasteiger partial charge < -0.3 is 15.3 Å². The Hall–Kier alpha value is -0.160. The zero-order valence-electron chi connectivity index (χ0n) is 8.32. The normalized spacial score (nSPS) is 22.8. The van der Waals surface area contributed by atoms with Crippen molar-refractivity contribution >= 4 is 0 Å². The van der Waals surface area contributed by atoms with Crippen molar-refractivity contribution in [1.29, 1.82) is 0 Å². The lowest BCUT2D eigenvalue weighted by Crippen LogP contribution is -2.68. The molecule has 0 aromatic heterocycles. The van der Waals surface area contributed by atoms with E-state index in [4.69, 9.17) is 15.3 Å². The van der Waals surface area contributed by atoms with Gasteiger partial charge in [-0.2, -0.15) is 0 Å². The minimum atomic E-state index is -0.824. The molecule has 1 aliphatic rings. The molecule has 0 unspecified atom stereocenters. The smallest absolute Gasteiger partial charge is 0.0906 e. The molecule has 1 heterocycles. The summed E-state index contributed by atoms with van der Waals surface area (Å²) < 4.78 is 0. The molecule has 4 heteroatoms. The number of aliphatic hydroxyl groups excluding tert-OH is 3. The van der Waals surface area contributed by atoms with Gasteiger partial charge in [-0.05, 0) is 5.41 Å². The van der Waals surface area contributed by atoms with Crippen LogP contribution in [-0.4, -0.2) is 58.7 Å². The lowest BCUT2D eigenvalue weighted by Gasteiger charge is -2.54. The van der Waals surface area contributed by atoms with Crippen LogP contribution in [-0.2, 0) is 0 Å². The molecule has 0 saturated carbocycles. The summed E-state index contributed by atoms with van der Waals surface area (Å²) in [5, 5.41) is 27.4. The number of nitrogens with zero attached hydrogens (tertiary/aromatic N) is 1. The molecule has 4 nitrogen and oxygen atoms in total. The second-order valence-electron chi connectivity index (χ2n) is 4.72. The van der Waals surface area contributed by atoms with Crippen LogP contribution in [0.2, 0.25) is 0 Å². The quantitative estimate of drug-likeness (QED) is 0.533. The molecule has 78 valence electrons. The lowest BCUT2D eigenvalue weighted by molar-refractivity contribution is -0.122. The van der Waals surface area contributed by atoms with Gasteiger partial charge in [0, 0.05) is 13.1 Å². The highest BCUT2D eigenvalue weighted by Gasteiger charge is 2.46. The zero-order valence-corrected chi connectivity index (χ0v) is 8.32. The molecule has 0 atom stereocenters. The van der Waals surface area contributed by atoms with E-state index < -0.39 is 5.54 Å². The standard InChI is InChI=1S/C9H19NO3/c1-8(2)3-10(4-8)9(5-11,6-12)7-13/h11-13H,3-7H2,1-2H3. The van der Waals surface area contributed by atoms with Crippen molar-refractivity contribution in [3.63, 3.8) is 0 Å². The van der Waals surface area contributed by atoms with Crippen molar-refractivity contribution in [2.24, 2.45) is 5.41 Å². The minimum Gasteiger partial charge on any atom is -0.394 e. The van der Waals surface area contributed by atoms with Crippen LogP contribution >= 0.6 is 0 Å². The first-order chi connectivity index (χ1) is 5.99. The van der Waals surface area contributed by atoms with E-state index in [1.807, 2.05) is 4.90 Å². The van der Waals surface area contributed by atoms with Crippen LogP contribution in [0.4, 0.5) is 0 Å². The molecule has 0 amide bonds. The van der Waals surface area contributed by atoms with Crippen molar-refractivity contribution in [3.8, 4) is 0 Å². The third-order valence-electron chi connectivity index (χ3n) is 2.79. The average Bonchev–Trinajstić information content (AvgIpc) is 2.05. The fourth-order valence-electron chi connectivity index (χ4n) is 1.77. The monoisotopic (exact) mass is 189 g/mol. The van der Waals surface area contributed by atoms with Crippen LogP contribution in [0, 0.1) is 5.41 Å². The Kier molecular flexibility index (Phi) is 2.97. The third-order valence-corrected chi connectivity index (χ3v) is 2.79. The van der Waals surface area contributed by atoms with E-state index in [2.05, 4.69) is 13.8 Å². The van der Waals surface area contributed by atoms with Crippen LogP contribution in [0.25, 0.3) is 0 Å². The highest BCUT2D eigenvalue weighted by Crippen LogP contribution is 2.34. The van der Waals surface area contributed by atoms with Gasteiger partial charge in [0.15, 0.2) is 0 Å². The van der Waals surface area contributed by atoms with Crippen molar-refractivity contribution < 1.29 is 15.3 Å². The van der Waals surface area contributed by atoms with E-state index >= 15 is 0 Å². The van der Waals surface area contributed by atoms with Crippen molar-refractivity contribution in [3.05, 3.63) is 0 Å². The van der Waals surface area contributed by atoms with Crippen LogP contribution < -0.4 is 0 Å². The number of aliphatic hydroxyl groups is 3. The molecule has 0 bridgehead atoms. The first-order valence-corrected chi connectivity index (χ1v) is 4.57. The van der Waals surface area contributed by atoms with Gasteiger partial charge in [0.25, 0.3) is 0 Å². The summed E-state index contributed by atoms with van der Waals surface area (Å²) in [6, 6.07) is 0. The maximum Gasteiger partial charge on any atom is 0.0906 e. The molecule has 1 saturated heterocycles. The Bertz CT molecular complexity index is 161. The Balaban J connectivity index is 2.59. The molecular formula is C9H19NO3. The topological polar surface area (TPSA) is 63.9 Å². The van der Waals surface area contributed by atoms with E-state index in [-0.39, 0.29) is 25.2 Å². The Labute approximate surface area is 78.8 Å². The Morgan fingerprint density at radius 1 is 1.08 bits per heavy atom. The second-order valence-corrected chi connectivity index (χ2v) is 4.72. The van der Waals surface area contributed by atoms with E-state index in [1.165, 1.54) is 0 Å². The molecule has 3 N–H and O–H groups in total. The molecule has 0 aliphatic carbocycles. The summed E-state index contributed by atoms with van der Waals surface area (Å²) in [5.74, 6) is 0. The van der Waals surface area contributed by atoms with E-state index in [9.17, 15) is 0 Å². The van der Waals surface area contributed by atoms with Crippen LogP contribution in [0.5, 0.6) is 0 Å². The lowest BCUT2D eigenvalue weighted by atomic mass is 9.80. The molecule has 1 fully saturated rings. The first kappa shape index (κ1) is 10.9. The first-order valence-electron chi connectivity index (χ1n) is 4.57. The highest BCUT2D eigenvalue weighted by molar-refractivity contribution is 5.00. The molecular weight excluding hydrogens is 170 g/mol. The Morgan fingerprint density at radius 3 is 1.69 bits per heavy atom. The number of likely N-dealkylation sites (tertiary alicyclic amines) is 1. The fraction of sp³-hybridized carbons (Fsp3) is 1.00. The SMILES string of the molecule is CC1(C)CN(C(CO)(CO)CO)C1. The van der Waals surface area contributed by atoms with E-state index in [1.54, 1.807) is 0 Å². The maximum absolute atomic E-state index is 9.12. The van der Waals surface area contributed by atoms with Crippen LogP contribution in [0.3, 0.4) is 0 Å².